The Morgan fingerprint density at radius 2 is 2.20 bits per heavy atom. The fraction of sp³-hybridized carbons (Fsp3) is 0.474. The van der Waals surface area contributed by atoms with Crippen LogP contribution in [0.25, 0.3) is 0 Å². The van der Waals surface area contributed by atoms with Crippen molar-refractivity contribution in [3.8, 4) is 0 Å². The lowest BCUT2D eigenvalue weighted by atomic mass is 10.3. The van der Waals surface area contributed by atoms with Crippen molar-refractivity contribution >= 4 is 23.2 Å². The molecule has 2 aromatic rings. The zero-order chi connectivity index (χ0) is 17.4. The van der Waals surface area contributed by atoms with Gasteiger partial charge in [-0.05, 0) is 49.4 Å². The van der Waals surface area contributed by atoms with Crippen LogP contribution in [-0.2, 0) is 11.3 Å². The quantitative estimate of drug-likeness (QED) is 0.757. The Kier molecular flexibility index (Phi) is 4.52. The smallest absolute Gasteiger partial charge is 0.238 e. The van der Waals surface area contributed by atoms with Crippen LogP contribution >= 0.6 is 11.6 Å². The Morgan fingerprint density at radius 1 is 1.40 bits per heavy atom. The van der Waals surface area contributed by atoms with Crippen molar-refractivity contribution in [2.75, 3.05) is 11.9 Å². The molecule has 2 aliphatic rings. The first-order valence-corrected chi connectivity index (χ1v) is 9.21. The van der Waals surface area contributed by atoms with E-state index in [0.717, 1.165) is 30.3 Å². The Morgan fingerprint density at radius 3 is 2.88 bits per heavy atom. The topological polar surface area (TPSA) is 58.4 Å². The molecule has 0 saturated heterocycles. The van der Waals surface area contributed by atoms with Crippen LogP contribution in [0.2, 0.25) is 5.15 Å². The monoisotopic (exact) mass is 359 g/mol. The highest BCUT2D eigenvalue weighted by Crippen LogP contribution is 2.47. The van der Waals surface area contributed by atoms with Crippen molar-refractivity contribution in [2.24, 2.45) is 5.92 Å². The van der Waals surface area contributed by atoms with E-state index in [0.29, 0.717) is 35.9 Å². The molecule has 4 rings (SSSR count). The van der Waals surface area contributed by atoms with Crippen molar-refractivity contribution < 1.29 is 9.21 Å². The molecular formula is C19H22ClN3O2. The van der Waals surface area contributed by atoms with Crippen LogP contribution in [0.4, 0.5) is 5.69 Å². The molecule has 6 heteroatoms. The molecule has 2 aromatic heterocycles. The summed E-state index contributed by atoms with van der Waals surface area (Å²) >= 11 is 6.01. The lowest BCUT2D eigenvalue weighted by molar-refractivity contribution is -0.117. The van der Waals surface area contributed by atoms with Crippen LogP contribution in [0.5, 0.6) is 0 Å². The summed E-state index contributed by atoms with van der Waals surface area (Å²) in [5.41, 5.74) is 0.549. The van der Waals surface area contributed by atoms with Crippen LogP contribution in [-0.4, -0.2) is 28.4 Å². The van der Waals surface area contributed by atoms with Crippen LogP contribution < -0.4 is 5.32 Å². The number of nitrogens with one attached hydrogen (secondary N) is 1. The summed E-state index contributed by atoms with van der Waals surface area (Å²) < 4.78 is 6.00. The summed E-state index contributed by atoms with van der Waals surface area (Å²) in [6.45, 7) is 3.24. The van der Waals surface area contributed by atoms with Gasteiger partial charge in [-0.1, -0.05) is 18.5 Å². The summed E-state index contributed by atoms with van der Waals surface area (Å²) in [4.78, 5) is 18.6. The van der Waals surface area contributed by atoms with Gasteiger partial charge in [0.1, 0.15) is 11.5 Å². The molecule has 25 heavy (non-hydrogen) atoms. The van der Waals surface area contributed by atoms with Gasteiger partial charge in [-0.3, -0.25) is 9.69 Å². The van der Waals surface area contributed by atoms with E-state index in [2.05, 4.69) is 28.2 Å². The van der Waals surface area contributed by atoms with E-state index in [1.165, 1.54) is 6.42 Å². The van der Waals surface area contributed by atoms with E-state index < -0.39 is 0 Å². The van der Waals surface area contributed by atoms with Crippen molar-refractivity contribution in [1.82, 2.24) is 9.88 Å². The normalized spacial score (nSPS) is 22.2. The average Bonchev–Trinajstić information content (AvgIpc) is 3.50. The predicted molar refractivity (Wildman–Crippen MR) is 96.5 cm³/mol. The third-order valence-electron chi connectivity index (χ3n) is 4.96. The minimum Gasteiger partial charge on any atom is -0.464 e. The van der Waals surface area contributed by atoms with Gasteiger partial charge in [-0.25, -0.2) is 4.98 Å². The minimum absolute atomic E-state index is 0.0793. The standard InChI is InChI=1S/C19H22ClN3O2/c1-12-9-15(12)17-7-6-14(25-17)10-23(13-4-5-13)11-18(24)22-16-3-2-8-21-19(16)20/h2-3,6-8,12-13,15H,4-5,9-11H2,1H3,(H,22,24). The van der Waals surface area contributed by atoms with E-state index in [1.54, 1.807) is 18.3 Å². The summed E-state index contributed by atoms with van der Waals surface area (Å²) in [5.74, 6) is 3.26. The molecular weight excluding hydrogens is 338 g/mol. The molecule has 2 heterocycles. The Labute approximate surface area is 152 Å². The number of hydrogen-bond donors (Lipinski definition) is 1. The fourth-order valence-electron chi connectivity index (χ4n) is 3.20. The number of halogens is 1. The number of carbonyl (C=O) groups excluding carboxylic acids is 1. The molecule has 2 atom stereocenters. The number of aromatic nitrogens is 1. The van der Waals surface area contributed by atoms with Gasteiger partial charge in [0.25, 0.3) is 0 Å². The number of hydrogen-bond acceptors (Lipinski definition) is 4. The van der Waals surface area contributed by atoms with E-state index in [4.69, 9.17) is 16.0 Å². The van der Waals surface area contributed by atoms with Gasteiger partial charge in [0.15, 0.2) is 5.15 Å². The van der Waals surface area contributed by atoms with Crippen molar-refractivity contribution in [1.29, 1.82) is 0 Å². The van der Waals surface area contributed by atoms with Crippen LogP contribution in [0.15, 0.2) is 34.9 Å². The van der Waals surface area contributed by atoms with Gasteiger partial charge in [-0.15, -0.1) is 0 Å². The molecule has 2 unspecified atom stereocenters. The second-order valence-electron chi connectivity index (χ2n) is 7.15. The zero-order valence-corrected chi connectivity index (χ0v) is 15.0. The average molecular weight is 360 g/mol. The van der Waals surface area contributed by atoms with Crippen molar-refractivity contribution in [3.63, 3.8) is 0 Å². The highest BCUT2D eigenvalue weighted by molar-refractivity contribution is 6.32. The largest absolute Gasteiger partial charge is 0.464 e. The number of pyridine rings is 1. The fourth-order valence-corrected chi connectivity index (χ4v) is 3.37. The molecule has 5 nitrogen and oxygen atoms in total. The molecule has 132 valence electrons. The Bertz CT molecular complexity index is 772. The van der Waals surface area contributed by atoms with Gasteiger partial charge in [-0.2, -0.15) is 0 Å². The summed E-state index contributed by atoms with van der Waals surface area (Å²) in [5, 5.41) is 3.15. The zero-order valence-electron chi connectivity index (χ0n) is 14.2. The van der Waals surface area contributed by atoms with Crippen LogP contribution in [0.1, 0.15) is 43.6 Å². The highest BCUT2D eigenvalue weighted by Gasteiger charge is 2.37. The Balaban J connectivity index is 1.37. The molecule has 2 aliphatic carbocycles. The number of anilines is 1. The molecule has 2 saturated carbocycles. The SMILES string of the molecule is CC1CC1c1ccc(CN(CC(=O)Nc2cccnc2Cl)C2CC2)o1. The third kappa shape index (κ3) is 4.05. The molecule has 1 amide bonds. The molecule has 2 fully saturated rings. The molecule has 0 bridgehead atoms. The first-order chi connectivity index (χ1) is 12.1. The van der Waals surface area contributed by atoms with Gasteiger partial charge < -0.3 is 9.73 Å². The maximum atomic E-state index is 12.4. The summed E-state index contributed by atoms with van der Waals surface area (Å²) in [7, 11) is 0. The number of furan rings is 1. The first kappa shape index (κ1) is 16.6. The molecule has 0 aromatic carbocycles. The van der Waals surface area contributed by atoms with Gasteiger partial charge in [0, 0.05) is 18.2 Å². The first-order valence-electron chi connectivity index (χ1n) is 8.83. The molecule has 1 N–H and O–H groups in total. The molecule has 0 aliphatic heterocycles. The predicted octanol–water partition coefficient (Wildman–Crippen LogP) is 4.05. The molecule has 0 radical (unpaired) electrons. The van der Waals surface area contributed by atoms with E-state index >= 15 is 0 Å². The van der Waals surface area contributed by atoms with E-state index in [-0.39, 0.29) is 5.91 Å². The van der Waals surface area contributed by atoms with Crippen molar-refractivity contribution in [2.45, 2.75) is 44.7 Å². The number of amides is 1. The lowest BCUT2D eigenvalue weighted by Gasteiger charge is -2.20. The highest BCUT2D eigenvalue weighted by atomic mass is 35.5. The van der Waals surface area contributed by atoms with Gasteiger partial charge >= 0.3 is 0 Å². The van der Waals surface area contributed by atoms with Gasteiger partial charge in [0.2, 0.25) is 5.91 Å². The minimum atomic E-state index is -0.0793. The van der Waals surface area contributed by atoms with Crippen LogP contribution in [0, 0.1) is 5.92 Å². The number of rotatable bonds is 7. The number of nitrogens with zero attached hydrogens (tertiary/aromatic N) is 2. The number of carbonyl (C=O) groups is 1. The maximum absolute atomic E-state index is 12.4. The second kappa shape index (κ2) is 6.81. The van der Waals surface area contributed by atoms with E-state index in [9.17, 15) is 4.79 Å². The Hall–Kier alpha value is -1.85. The summed E-state index contributed by atoms with van der Waals surface area (Å²) in [6, 6.07) is 8.10. The van der Waals surface area contributed by atoms with Gasteiger partial charge in [0.05, 0.1) is 18.8 Å². The second-order valence-corrected chi connectivity index (χ2v) is 7.51. The van der Waals surface area contributed by atoms with E-state index in [1.807, 2.05) is 6.07 Å². The lowest BCUT2D eigenvalue weighted by Crippen LogP contribution is -2.34. The van der Waals surface area contributed by atoms with Crippen LogP contribution in [0.3, 0.4) is 0 Å². The summed E-state index contributed by atoms with van der Waals surface area (Å²) in [6.07, 6.45) is 5.08. The molecule has 0 spiro atoms. The third-order valence-corrected chi connectivity index (χ3v) is 5.26. The van der Waals surface area contributed by atoms with Crippen molar-refractivity contribution in [3.05, 3.63) is 47.1 Å². The maximum Gasteiger partial charge on any atom is 0.238 e.